The quantitative estimate of drug-likeness (QED) is 0.361. The van der Waals surface area contributed by atoms with Crippen LogP contribution < -0.4 is 4.90 Å². The molecule has 0 radical (unpaired) electrons. The number of piperidine rings is 1. The second-order valence-corrected chi connectivity index (χ2v) is 12.1. The van der Waals surface area contributed by atoms with Crippen molar-refractivity contribution >= 4 is 72.7 Å². The fourth-order valence-electron chi connectivity index (χ4n) is 3.59. The van der Waals surface area contributed by atoms with Gasteiger partial charge in [-0.2, -0.15) is 0 Å². The summed E-state index contributed by atoms with van der Waals surface area (Å²) in [5, 5.41) is 4.27. The Kier molecular flexibility index (Phi) is 7.06. The summed E-state index contributed by atoms with van der Waals surface area (Å²) in [5.41, 5.74) is 1.89. The van der Waals surface area contributed by atoms with Crippen LogP contribution in [0.4, 0.5) is 5.13 Å². The molecule has 31 heavy (non-hydrogen) atoms. The lowest BCUT2D eigenvalue weighted by atomic mass is 10.1. The van der Waals surface area contributed by atoms with Crippen molar-refractivity contribution in [2.75, 3.05) is 18.0 Å². The smallest absolute Gasteiger partial charge is 0.185 e. The van der Waals surface area contributed by atoms with Crippen LogP contribution in [-0.2, 0) is 16.3 Å². The van der Waals surface area contributed by atoms with E-state index in [1.165, 1.54) is 18.2 Å². The normalized spacial score (nSPS) is 15.4. The molecule has 1 fully saturated rings. The second kappa shape index (κ2) is 9.46. The third-order valence-electron chi connectivity index (χ3n) is 5.30. The molecular formula is C21H18Cl4N2O2S2. The molecule has 0 aliphatic carbocycles. The number of halogens is 4. The van der Waals surface area contributed by atoms with Crippen LogP contribution in [0.2, 0.25) is 20.1 Å². The van der Waals surface area contributed by atoms with Gasteiger partial charge in [-0.05, 0) is 48.7 Å². The minimum atomic E-state index is -3.46. The Bertz CT molecular complexity index is 1210. The van der Waals surface area contributed by atoms with Crippen molar-refractivity contribution in [3.63, 3.8) is 0 Å². The highest BCUT2D eigenvalue weighted by Crippen LogP contribution is 2.32. The van der Waals surface area contributed by atoms with Crippen LogP contribution in [0.25, 0.3) is 0 Å². The third-order valence-corrected chi connectivity index (χ3v) is 9.83. The number of hydrogen-bond acceptors (Lipinski definition) is 5. The van der Waals surface area contributed by atoms with E-state index in [0.717, 1.165) is 16.4 Å². The summed E-state index contributed by atoms with van der Waals surface area (Å²) >= 11 is 25.7. The predicted molar refractivity (Wildman–Crippen MR) is 130 cm³/mol. The summed E-state index contributed by atoms with van der Waals surface area (Å²) in [6.45, 7) is 1.25. The minimum absolute atomic E-state index is 0.219. The van der Waals surface area contributed by atoms with E-state index in [1.54, 1.807) is 17.4 Å². The van der Waals surface area contributed by atoms with Crippen LogP contribution in [0.1, 0.15) is 24.1 Å². The van der Waals surface area contributed by atoms with Gasteiger partial charge >= 0.3 is 0 Å². The van der Waals surface area contributed by atoms with Gasteiger partial charge in [-0.3, -0.25) is 0 Å². The highest BCUT2D eigenvalue weighted by atomic mass is 35.5. The van der Waals surface area contributed by atoms with Crippen LogP contribution in [0.3, 0.4) is 0 Å². The molecule has 4 nitrogen and oxygen atoms in total. The van der Waals surface area contributed by atoms with Crippen molar-refractivity contribution in [2.45, 2.75) is 29.4 Å². The van der Waals surface area contributed by atoms with Crippen molar-refractivity contribution in [1.29, 1.82) is 0 Å². The van der Waals surface area contributed by atoms with Gasteiger partial charge in [0.15, 0.2) is 15.0 Å². The molecule has 1 aromatic heterocycles. The van der Waals surface area contributed by atoms with Gasteiger partial charge in [0.25, 0.3) is 0 Å². The maximum absolute atomic E-state index is 13.0. The van der Waals surface area contributed by atoms with Crippen molar-refractivity contribution in [3.05, 3.63) is 73.1 Å². The summed E-state index contributed by atoms with van der Waals surface area (Å²) in [6, 6.07) is 9.92. The zero-order chi connectivity index (χ0) is 22.2. The molecule has 0 amide bonds. The first-order chi connectivity index (χ1) is 14.7. The van der Waals surface area contributed by atoms with Crippen LogP contribution in [0, 0.1) is 0 Å². The Balaban J connectivity index is 1.41. The first-order valence-electron chi connectivity index (χ1n) is 9.56. The van der Waals surface area contributed by atoms with E-state index in [2.05, 4.69) is 4.90 Å². The van der Waals surface area contributed by atoms with Gasteiger partial charge in [-0.25, -0.2) is 13.4 Å². The monoisotopic (exact) mass is 534 g/mol. The van der Waals surface area contributed by atoms with Gasteiger partial charge in [-0.15, -0.1) is 11.3 Å². The first kappa shape index (κ1) is 23.1. The van der Waals surface area contributed by atoms with Crippen molar-refractivity contribution < 1.29 is 8.42 Å². The summed E-state index contributed by atoms with van der Waals surface area (Å²) in [7, 11) is -3.46. The van der Waals surface area contributed by atoms with Gasteiger partial charge in [-0.1, -0.05) is 52.5 Å². The highest BCUT2D eigenvalue weighted by Gasteiger charge is 2.32. The van der Waals surface area contributed by atoms with Gasteiger partial charge in [0.1, 0.15) is 0 Å². The van der Waals surface area contributed by atoms with Gasteiger partial charge in [0, 0.05) is 34.9 Å². The fraction of sp³-hybridized carbons (Fsp3) is 0.286. The average molecular weight is 536 g/mol. The van der Waals surface area contributed by atoms with Crippen LogP contribution in [0.15, 0.2) is 46.7 Å². The van der Waals surface area contributed by atoms with E-state index in [9.17, 15) is 8.42 Å². The Morgan fingerprint density at radius 3 is 2.39 bits per heavy atom. The third kappa shape index (κ3) is 5.15. The van der Waals surface area contributed by atoms with Gasteiger partial charge < -0.3 is 4.90 Å². The van der Waals surface area contributed by atoms with E-state index in [1.807, 2.05) is 17.5 Å². The summed E-state index contributed by atoms with van der Waals surface area (Å²) in [6.07, 6.45) is 1.68. The highest BCUT2D eigenvalue weighted by molar-refractivity contribution is 7.92. The first-order valence-corrected chi connectivity index (χ1v) is 13.5. The number of anilines is 1. The summed E-state index contributed by atoms with van der Waals surface area (Å²) in [5.74, 6) is 0. The Labute approximate surface area is 205 Å². The van der Waals surface area contributed by atoms with E-state index in [0.29, 0.717) is 47.4 Å². The van der Waals surface area contributed by atoms with E-state index in [4.69, 9.17) is 51.4 Å². The van der Waals surface area contributed by atoms with Crippen LogP contribution in [-0.4, -0.2) is 31.7 Å². The van der Waals surface area contributed by atoms with Gasteiger partial charge in [0.2, 0.25) is 0 Å². The summed E-state index contributed by atoms with van der Waals surface area (Å²) < 4.78 is 26.0. The molecule has 3 aromatic rings. The van der Waals surface area contributed by atoms with E-state index in [-0.39, 0.29) is 9.92 Å². The molecule has 4 rings (SSSR count). The number of hydrogen-bond donors (Lipinski definition) is 0. The van der Waals surface area contributed by atoms with Crippen LogP contribution in [0.5, 0.6) is 0 Å². The Hall–Kier alpha value is -1.02. The minimum Gasteiger partial charge on any atom is -0.348 e. The fourth-order valence-corrected chi connectivity index (χ4v) is 7.06. The zero-order valence-electron chi connectivity index (χ0n) is 16.2. The predicted octanol–water partition coefficient (Wildman–Crippen LogP) is 6.79. The van der Waals surface area contributed by atoms with E-state index < -0.39 is 15.1 Å². The maximum Gasteiger partial charge on any atom is 0.185 e. The molecule has 0 saturated carbocycles. The lowest BCUT2D eigenvalue weighted by Gasteiger charge is -2.31. The molecule has 0 spiro atoms. The molecule has 2 aromatic carbocycles. The topological polar surface area (TPSA) is 50.3 Å². The molecule has 0 bridgehead atoms. The molecule has 10 heteroatoms. The molecule has 2 heterocycles. The zero-order valence-corrected chi connectivity index (χ0v) is 20.9. The molecular weight excluding hydrogens is 518 g/mol. The van der Waals surface area contributed by atoms with Crippen LogP contribution >= 0.6 is 57.7 Å². The Morgan fingerprint density at radius 1 is 0.968 bits per heavy atom. The van der Waals surface area contributed by atoms with Crippen molar-refractivity contribution in [2.24, 2.45) is 0 Å². The largest absolute Gasteiger partial charge is 0.348 e. The molecule has 1 aliphatic heterocycles. The number of sulfone groups is 1. The van der Waals surface area contributed by atoms with Crippen molar-refractivity contribution in [1.82, 2.24) is 4.98 Å². The number of thiazole rings is 1. The second-order valence-electron chi connectivity index (χ2n) is 7.34. The number of benzene rings is 2. The summed E-state index contributed by atoms with van der Waals surface area (Å²) in [4.78, 5) is 7.09. The van der Waals surface area contributed by atoms with E-state index >= 15 is 0 Å². The molecule has 164 valence electrons. The lowest BCUT2D eigenvalue weighted by Crippen LogP contribution is -2.39. The molecule has 1 aliphatic rings. The standard InChI is InChI=1S/C21H18Cl4N2O2S2/c22-14-2-1-13(19(24)10-14)9-15-12-30-21(26-15)27-7-5-16(6-8-27)31(28,29)17-3-4-18(23)20(25)11-17/h1-4,10-12,16H,5-9H2. The lowest BCUT2D eigenvalue weighted by molar-refractivity contribution is 0.529. The number of nitrogens with zero attached hydrogens (tertiary/aromatic N) is 2. The molecule has 0 unspecified atom stereocenters. The number of aromatic nitrogens is 1. The van der Waals surface area contributed by atoms with Crippen molar-refractivity contribution in [3.8, 4) is 0 Å². The molecule has 1 saturated heterocycles. The van der Waals surface area contributed by atoms with Gasteiger partial charge in [0.05, 0.1) is 25.9 Å². The maximum atomic E-state index is 13.0. The average Bonchev–Trinajstić information content (AvgIpc) is 3.21. The Morgan fingerprint density at radius 2 is 1.71 bits per heavy atom. The molecule has 0 atom stereocenters. The molecule has 0 N–H and O–H groups in total. The SMILES string of the molecule is O=S(=O)(c1ccc(Cl)c(Cl)c1)C1CCN(c2nc(Cc3ccc(Cl)cc3Cl)cs2)CC1. The number of rotatable bonds is 5.